The van der Waals surface area contributed by atoms with Crippen molar-refractivity contribution in [2.24, 2.45) is 0 Å². The molecule has 0 radical (unpaired) electrons. The van der Waals surface area contributed by atoms with Crippen molar-refractivity contribution in [1.82, 2.24) is 4.90 Å². The van der Waals surface area contributed by atoms with Crippen LogP contribution < -0.4 is 0 Å². The fraction of sp³-hybridized carbons (Fsp3) is 0.222. The van der Waals surface area contributed by atoms with Crippen LogP contribution in [0.1, 0.15) is 24.1 Å². The van der Waals surface area contributed by atoms with Gasteiger partial charge in [-0.2, -0.15) is 0 Å². The topological polar surface area (TPSA) is 3.24 Å². The SMILES string of the molecule is CCN1CC(c2cc(F)ccc2F)=C[C@H]1c1ccccc1. The third-order valence-electron chi connectivity index (χ3n) is 3.95. The second-order valence-electron chi connectivity index (χ2n) is 5.23. The largest absolute Gasteiger partial charge is 0.289 e. The zero-order valence-electron chi connectivity index (χ0n) is 11.9. The summed E-state index contributed by atoms with van der Waals surface area (Å²) in [5.41, 5.74) is 2.39. The average Bonchev–Trinajstić information content (AvgIpc) is 2.94. The molecule has 0 saturated heterocycles. The van der Waals surface area contributed by atoms with Crippen molar-refractivity contribution < 1.29 is 8.78 Å². The molecule has 1 heterocycles. The molecule has 0 amide bonds. The predicted octanol–water partition coefficient (Wildman–Crippen LogP) is 4.43. The van der Waals surface area contributed by atoms with E-state index in [1.165, 1.54) is 17.7 Å². The number of hydrogen-bond donors (Lipinski definition) is 0. The zero-order chi connectivity index (χ0) is 14.8. The van der Waals surface area contributed by atoms with Gasteiger partial charge in [-0.15, -0.1) is 0 Å². The molecule has 1 atom stereocenters. The summed E-state index contributed by atoms with van der Waals surface area (Å²) in [6.07, 6.45) is 2.04. The maximum atomic E-state index is 14.0. The van der Waals surface area contributed by atoms with Crippen LogP contribution in [0.15, 0.2) is 54.6 Å². The van der Waals surface area contributed by atoms with Crippen molar-refractivity contribution in [3.8, 4) is 0 Å². The highest BCUT2D eigenvalue weighted by Crippen LogP contribution is 2.35. The summed E-state index contributed by atoms with van der Waals surface area (Å²) >= 11 is 0. The minimum Gasteiger partial charge on any atom is -0.289 e. The summed E-state index contributed by atoms with van der Waals surface area (Å²) in [5, 5.41) is 0. The predicted molar refractivity (Wildman–Crippen MR) is 80.8 cm³/mol. The Morgan fingerprint density at radius 3 is 2.57 bits per heavy atom. The van der Waals surface area contributed by atoms with E-state index in [2.05, 4.69) is 24.0 Å². The number of halogens is 2. The fourth-order valence-electron chi connectivity index (χ4n) is 2.85. The molecule has 0 aliphatic carbocycles. The maximum absolute atomic E-state index is 14.0. The van der Waals surface area contributed by atoms with Crippen LogP contribution >= 0.6 is 0 Å². The summed E-state index contributed by atoms with van der Waals surface area (Å²) in [5.74, 6) is -0.772. The van der Waals surface area contributed by atoms with Gasteiger partial charge in [0.25, 0.3) is 0 Å². The average molecular weight is 285 g/mol. The molecule has 108 valence electrons. The minimum atomic E-state index is -0.404. The molecule has 1 nitrogen and oxygen atoms in total. The van der Waals surface area contributed by atoms with Crippen LogP contribution in [0.3, 0.4) is 0 Å². The number of hydrogen-bond acceptors (Lipinski definition) is 1. The second-order valence-corrected chi connectivity index (χ2v) is 5.23. The molecule has 1 aliphatic heterocycles. The van der Waals surface area contributed by atoms with Crippen molar-refractivity contribution in [2.75, 3.05) is 13.1 Å². The molecule has 21 heavy (non-hydrogen) atoms. The number of nitrogens with zero attached hydrogens (tertiary/aromatic N) is 1. The molecule has 0 fully saturated rings. The van der Waals surface area contributed by atoms with Gasteiger partial charge in [-0.1, -0.05) is 43.3 Å². The lowest BCUT2D eigenvalue weighted by Crippen LogP contribution is -2.24. The van der Waals surface area contributed by atoms with Gasteiger partial charge in [0.1, 0.15) is 11.6 Å². The van der Waals surface area contributed by atoms with E-state index in [0.29, 0.717) is 12.1 Å². The molecule has 0 aromatic heterocycles. The Balaban J connectivity index is 1.99. The van der Waals surface area contributed by atoms with Gasteiger partial charge in [0.15, 0.2) is 0 Å². The second kappa shape index (κ2) is 5.78. The van der Waals surface area contributed by atoms with Crippen molar-refractivity contribution in [2.45, 2.75) is 13.0 Å². The van der Waals surface area contributed by atoms with E-state index in [1.54, 1.807) is 0 Å². The normalized spacial score (nSPS) is 18.8. The van der Waals surface area contributed by atoms with E-state index in [4.69, 9.17) is 0 Å². The molecule has 0 N–H and O–H groups in total. The van der Waals surface area contributed by atoms with Crippen LogP contribution in [0.4, 0.5) is 8.78 Å². The standard InChI is InChI=1S/C18H17F2N/c1-2-21-12-14(16-11-15(19)8-9-17(16)20)10-18(21)13-6-4-3-5-7-13/h3-11,18H,2,12H2,1H3/t18-/m0/s1. The van der Waals surface area contributed by atoms with Crippen LogP contribution in [-0.4, -0.2) is 18.0 Å². The number of rotatable bonds is 3. The molecule has 0 spiro atoms. The molecular formula is C18H17F2N. The zero-order valence-corrected chi connectivity index (χ0v) is 11.9. The van der Waals surface area contributed by atoms with Crippen LogP contribution in [0.5, 0.6) is 0 Å². The first kappa shape index (κ1) is 14.0. The van der Waals surface area contributed by atoms with Crippen LogP contribution in [0, 0.1) is 11.6 Å². The van der Waals surface area contributed by atoms with Crippen molar-refractivity contribution in [3.05, 3.63) is 77.4 Å². The maximum Gasteiger partial charge on any atom is 0.130 e. The summed E-state index contributed by atoms with van der Waals surface area (Å²) in [4.78, 5) is 2.25. The molecule has 2 aromatic carbocycles. The van der Waals surface area contributed by atoms with Gasteiger partial charge in [-0.05, 0) is 35.9 Å². The van der Waals surface area contributed by atoms with E-state index in [1.807, 2.05) is 24.3 Å². The number of likely N-dealkylation sites (N-methyl/N-ethyl adjacent to an activating group) is 1. The highest BCUT2D eigenvalue weighted by atomic mass is 19.1. The van der Waals surface area contributed by atoms with Crippen molar-refractivity contribution >= 4 is 5.57 Å². The first-order valence-corrected chi connectivity index (χ1v) is 7.14. The monoisotopic (exact) mass is 285 g/mol. The first-order chi connectivity index (χ1) is 10.2. The molecule has 0 saturated carbocycles. The van der Waals surface area contributed by atoms with Gasteiger partial charge in [0.05, 0.1) is 6.04 Å². The van der Waals surface area contributed by atoms with Gasteiger partial charge in [-0.3, -0.25) is 4.90 Å². The lowest BCUT2D eigenvalue weighted by Gasteiger charge is -2.22. The Labute approximate surface area is 123 Å². The Morgan fingerprint density at radius 2 is 1.86 bits per heavy atom. The minimum absolute atomic E-state index is 0.119. The third-order valence-corrected chi connectivity index (χ3v) is 3.95. The fourth-order valence-corrected chi connectivity index (χ4v) is 2.85. The van der Waals surface area contributed by atoms with E-state index < -0.39 is 5.82 Å². The molecule has 0 unspecified atom stereocenters. The summed E-state index contributed by atoms with van der Waals surface area (Å²) < 4.78 is 27.3. The van der Waals surface area contributed by atoms with Crippen molar-refractivity contribution in [3.63, 3.8) is 0 Å². The molecular weight excluding hydrogens is 268 g/mol. The summed E-state index contributed by atoms with van der Waals surface area (Å²) in [7, 11) is 0. The van der Waals surface area contributed by atoms with Crippen LogP contribution in [0.2, 0.25) is 0 Å². The number of benzene rings is 2. The molecule has 0 bridgehead atoms. The van der Waals surface area contributed by atoms with Crippen molar-refractivity contribution in [1.29, 1.82) is 0 Å². The van der Waals surface area contributed by atoms with Gasteiger partial charge < -0.3 is 0 Å². The Morgan fingerprint density at radius 1 is 1.10 bits per heavy atom. The van der Waals surface area contributed by atoms with Crippen LogP contribution in [-0.2, 0) is 0 Å². The third kappa shape index (κ3) is 2.74. The highest BCUT2D eigenvalue weighted by molar-refractivity contribution is 5.70. The lowest BCUT2D eigenvalue weighted by atomic mass is 10.0. The van der Waals surface area contributed by atoms with E-state index >= 15 is 0 Å². The summed E-state index contributed by atoms with van der Waals surface area (Å²) in [6, 6.07) is 13.8. The van der Waals surface area contributed by atoms with Gasteiger partial charge in [0.2, 0.25) is 0 Å². The quantitative estimate of drug-likeness (QED) is 0.806. The van der Waals surface area contributed by atoms with E-state index in [-0.39, 0.29) is 11.9 Å². The van der Waals surface area contributed by atoms with Gasteiger partial charge in [-0.25, -0.2) is 8.78 Å². The van der Waals surface area contributed by atoms with E-state index in [0.717, 1.165) is 18.2 Å². The molecule has 1 aliphatic rings. The van der Waals surface area contributed by atoms with Gasteiger partial charge in [0, 0.05) is 12.1 Å². The van der Waals surface area contributed by atoms with Gasteiger partial charge >= 0.3 is 0 Å². The summed E-state index contributed by atoms with van der Waals surface area (Å²) in [6.45, 7) is 3.57. The molecule has 3 heteroatoms. The lowest BCUT2D eigenvalue weighted by molar-refractivity contribution is 0.293. The molecule has 2 aromatic rings. The Hall–Kier alpha value is -2.00. The Kier molecular flexibility index (Phi) is 3.84. The van der Waals surface area contributed by atoms with Crippen LogP contribution in [0.25, 0.3) is 5.57 Å². The smallest absolute Gasteiger partial charge is 0.130 e. The highest BCUT2D eigenvalue weighted by Gasteiger charge is 2.26. The van der Waals surface area contributed by atoms with E-state index in [9.17, 15) is 8.78 Å². The first-order valence-electron chi connectivity index (χ1n) is 7.14. The Bertz CT molecular complexity index is 664. The molecule has 3 rings (SSSR count).